The second kappa shape index (κ2) is 6.76. The van der Waals surface area contributed by atoms with Crippen molar-refractivity contribution in [2.75, 3.05) is 10.6 Å². The summed E-state index contributed by atoms with van der Waals surface area (Å²) in [5.41, 5.74) is -0.927. The molecular formula is C16H10F3N3O4S. The number of aromatic carboxylic acids is 1. The molecule has 3 rings (SSSR count). The summed E-state index contributed by atoms with van der Waals surface area (Å²) in [6, 6.07) is 5.94. The minimum Gasteiger partial charge on any atom is -0.507 e. The molecule has 0 fully saturated rings. The van der Waals surface area contributed by atoms with Crippen molar-refractivity contribution in [1.82, 2.24) is 4.98 Å². The molecule has 0 spiro atoms. The van der Waals surface area contributed by atoms with Crippen LogP contribution in [0.4, 0.5) is 28.8 Å². The van der Waals surface area contributed by atoms with Gasteiger partial charge in [0.25, 0.3) is 0 Å². The third-order valence-corrected chi connectivity index (χ3v) is 4.35. The SMILES string of the molecule is O=C(Nc1ccc(O)c(C(F)(F)F)c1)Nc1nc2ccc(C(=O)O)cc2s1. The highest BCUT2D eigenvalue weighted by Gasteiger charge is 2.34. The van der Waals surface area contributed by atoms with Crippen LogP contribution in [0.1, 0.15) is 15.9 Å². The maximum atomic E-state index is 12.8. The van der Waals surface area contributed by atoms with Crippen LogP contribution >= 0.6 is 11.3 Å². The number of nitrogens with one attached hydrogen (secondary N) is 2. The summed E-state index contributed by atoms with van der Waals surface area (Å²) in [6.45, 7) is 0. The molecule has 0 unspecified atom stereocenters. The summed E-state index contributed by atoms with van der Waals surface area (Å²) in [5, 5.41) is 23.0. The Morgan fingerprint density at radius 1 is 1.07 bits per heavy atom. The van der Waals surface area contributed by atoms with E-state index >= 15 is 0 Å². The van der Waals surface area contributed by atoms with Crippen LogP contribution in [0.5, 0.6) is 5.75 Å². The van der Waals surface area contributed by atoms with E-state index in [1.807, 2.05) is 0 Å². The first-order valence-electron chi connectivity index (χ1n) is 7.25. The minimum atomic E-state index is -4.77. The van der Waals surface area contributed by atoms with E-state index < -0.39 is 29.5 Å². The number of urea groups is 1. The summed E-state index contributed by atoms with van der Waals surface area (Å²) in [7, 11) is 0. The number of alkyl halides is 3. The van der Waals surface area contributed by atoms with Crippen LogP contribution in [0.25, 0.3) is 10.2 Å². The number of aromatic hydroxyl groups is 1. The Morgan fingerprint density at radius 2 is 1.81 bits per heavy atom. The van der Waals surface area contributed by atoms with Gasteiger partial charge in [-0.1, -0.05) is 11.3 Å². The molecule has 0 aliphatic carbocycles. The van der Waals surface area contributed by atoms with Crippen LogP contribution in [-0.2, 0) is 6.18 Å². The van der Waals surface area contributed by atoms with Gasteiger partial charge in [-0.25, -0.2) is 14.6 Å². The number of hydrogen-bond acceptors (Lipinski definition) is 5. The second-order valence-corrected chi connectivity index (χ2v) is 6.35. The van der Waals surface area contributed by atoms with Gasteiger partial charge in [0, 0.05) is 5.69 Å². The van der Waals surface area contributed by atoms with Crippen molar-refractivity contribution in [3.63, 3.8) is 0 Å². The average Bonchev–Trinajstić information content (AvgIpc) is 2.96. The molecule has 2 aromatic carbocycles. The predicted octanol–water partition coefficient (Wildman–Crippen LogP) is 4.36. The largest absolute Gasteiger partial charge is 0.507 e. The Kier molecular flexibility index (Phi) is 4.62. The fourth-order valence-electron chi connectivity index (χ4n) is 2.21. The molecule has 0 atom stereocenters. The van der Waals surface area contributed by atoms with Crippen LogP contribution in [0.3, 0.4) is 0 Å². The first-order valence-corrected chi connectivity index (χ1v) is 8.07. The van der Waals surface area contributed by atoms with Gasteiger partial charge < -0.3 is 15.5 Å². The van der Waals surface area contributed by atoms with Crippen molar-refractivity contribution in [2.45, 2.75) is 6.18 Å². The van der Waals surface area contributed by atoms with Crippen LogP contribution in [0.2, 0.25) is 0 Å². The van der Waals surface area contributed by atoms with Gasteiger partial charge in [-0.05, 0) is 36.4 Å². The molecule has 3 aromatic rings. The van der Waals surface area contributed by atoms with E-state index in [0.29, 0.717) is 16.3 Å². The lowest BCUT2D eigenvalue weighted by Crippen LogP contribution is -2.19. The number of amides is 2. The van der Waals surface area contributed by atoms with Gasteiger partial charge in [-0.2, -0.15) is 13.2 Å². The normalized spacial score (nSPS) is 11.4. The Balaban J connectivity index is 1.76. The van der Waals surface area contributed by atoms with E-state index in [1.54, 1.807) is 0 Å². The molecule has 27 heavy (non-hydrogen) atoms. The number of carbonyl (C=O) groups excluding carboxylic acids is 1. The van der Waals surface area contributed by atoms with Crippen molar-refractivity contribution >= 4 is 44.4 Å². The van der Waals surface area contributed by atoms with Crippen LogP contribution < -0.4 is 10.6 Å². The second-order valence-electron chi connectivity index (χ2n) is 5.32. The first kappa shape index (κ1) is 18.5. The van der Waals surface area contributed by atoms with Gasteiger partial charge >= 0.3 is 18.2 Å². The molecule has 0 saturated heterocycles. The Bertz CT molecular complexity index is 1050. The fourth-order valence-corrected chi connectivity index (χ4v) is 3.11. The summed E-state index contributed by atoms with van der Waals surface area (Å²) >= 11 is 1.01. The molecule has 0 radical (unpaired) electrons. The molecule has 11 heteroatoms. The van der Waals surface area contributed by atoms with E-state index in [2.05, 4.69) is 15.6 Å². The summed E-state index contributed by atoms with van der Waals surface area (Å²) < 4.78 is 38.9. The van der Waals surface area contributed by atoms with Gasteiger partial charge in [0.15, 0.2) is 5.13 Å². The zero-order valence-electron chi connectivity index (χ0n) is 13.2. The lowest BCUT2D eigenvalue weighted by molar-refractivity contribution is -0.138. The number of thiazole rings is 1. The fraction of sp³-hybridized carbons (Fsp3) is 0.0625. The average molecular weight is 397 g/mol. The number of carbonyl (C=O) groups is 2. The molecule has 0 aliphatic rings. The lowest BCUT2D eigenvalue weighted by atomic mass is 10.1. The number of phenolic OH excluding ortho intramolecular Hbond substituents is 1. The zero-order valence-corrected chi connectivity index (χ0v) is 14.0. The number of anilines is 2. The smallest absolute Gasteiger partial charge is 0.420 e. The number of carboxylic acids is 1. The van der Waals surface area contributed by atoms with Crippen LogP contribution in [0.15, 0.2) is 36.4 Å². The Hall–Kier alpha value is -3.34. The molecule has 1 aromatic heterocycles. The third-order valence-electron chi connectivity index (χ3n) is 3.42. The van der Waals surface area contributed by atoms with Crippen molar-refractivity contribution < 1.29 is 33.0 Å². The van der Waals surface area contributed by atoms with Crippen LogP contribution in [-0.4, -0.2) is 27.2 Å². The maximum Gasteiger partial charge on any atom is 0.420 e. The number of rotatable bonds is 3. The quantitative estimate of drug-likeness (QED) is 0.491. The molecule has 0 saturated carbocycles. The van der Waals surface area contributed by atoms with E-state index in [1.165, 1.54) is 18.2 Å². The Labute approximate surface area is 153 Å². The molecule has 0 aliphatic heterocycles. The predicted molar refractivity (Wildman–Crippen MR) is 92.3 cm³/mol. The van der Waals surface area contributed by atoms with E-state index in [0.717, 1.165) is 23.5 Å². The van der Waals surface area contributed by atoms with Crippen molar-refractivity contribution in [3.05, 3.63) is 47.5 Å². The maximum absolute atomic E-state index is 12.8. The molecule has 7 nitrogen and oxygen atoms in total. The number of benzene rings is 2. The summed E-state index contributed by atoms with van der Waals surface area (Å²) in [4.78, 5) is 27.0. The Morgan fingerprint density at radius 3 is 2.48 bits per heavy atom. The van der Waals surface area contributed by atoms with Gasteiger partial charge in [-0.3, -0.25) is 5.32 Å². The number of phenols is 1. The monoisotopic (exact) mass is 397 g/mol. The van der Waals surface area contributed by atoms with Crippen molar-refractivity contribution in [3.8, 4) is 5.75 Å². The van der Waals surface area contributed by atoms with Crippen LogP contribution in [0, 0.1) is 0 Å². The van der Waals surface area contributed by atoms with Gasteiger partial charge in [0.2, 0.25) is 0 Å². The number of hydrogen-bond donors (Lipinski definition) is 4. The zero-order chi connectivity index (χ0) is 19.8. The highest BCUT2D eigenvalue weighted by Crippen LogP contribution is 2.37. The van der Waals surface area contributed by atoms with E-state index in [-0.39, 0.29) is 16.4 Å². The minimum absolute atomic E-state index is 0.0610. The summed E-state index contributed by atoms with van der Waals surface area (Å²) in [6.07, 6.45) is -4.77. The number of fused-ring (bicyclic) bond motifs is 1. The molecular weight excluding hydrogens is 387 g/mol. The first-order chi connectivity index (χ1) is 12.6. The number of nitrogens with zero attached hydrogens (tertiary/aromatic N) is 1. The molecule has 140 valence electrons. The van der Waals surface area contributed by atoms with Crippen molar-refractivity contribution in [2.24, 2.45) is 0 Å². The summed E-state index contributed by atoms with van der Waals surface area (Å²) in [5.74, 6) is -2.06. The van der Waals surface area contributed by atoms with Gasteiger partial charge in [0.1, 0.15) is 5.75 Å². The number of aromatic nitrogens is 1. The van der Waals surface area contributed by atoms with E-state index in [9.17, 15) is 27.9 Å². The highest BCUT2D eigenvalue weighted by molar-refractivity contribution is 7.22. The molecule has 4 N–H and O–H groups in total. The highest BCUT2D eigenvalue weighted by atomic mass is 32.1. The number of halogens is 3. The van der Waals surface area contributed by atoms with Gasteiger partial charge in [0.05, 0.1) is 21.3 Å². The van der Waals surface area contributed by atoms with Gasteiger partial charge in [-0.15, -0.1) is 0 Å². The number of carboxylic acid groups (broad SMARTS) is 1. The standard InChI is InChI=1S/C16H10F3N3O4S/c17-16(18,19)9-6-8(2-4-11(9)23)20-14(26)22-15-21-10-3-1-7(13(24)25)5-12(10)27-15/h1-6,23H,(H,24,25)(H2,20,21,22,26). The molecule has 1 heterocycles. The lowest BCUT2D eigenvalue weighted by Gasteiger charge is -2.11. The molecule has 0 bridgehead atoms. The van der Waals surface area contributed by atoms with E-state index in [4.69, 9.17) is 5.11 Å². The topological polar surface area (TPSA) is 112 Å². The molecule has 2 amide bonds. The van der Waals surface area contributed by atoms with Crippen molar-refractivity contribution in [1.29, 1.82) is 0 Å². The third kappa shape index (κ3) is 4.08.